The number of carbonyl (C=O) groups excluding carboxylic acids is 2. The Hall–Kier alpha value is -3.22. The van der Waals surface area contributed by atoms with Crippen LogP contribution in [0.5, 0.6) is 0 Å². The lowest BCUT2D eigenvalue weighted by atomic mass is 9.96. The van der Waals surface area contributed by atoms with E-state index in [1.807, 2.05) is 25.1 Å². The first-order valence-electron chi connectivity index (χ1n) is 10.3. The van der Waals surface area contributed by atoms with Gasteiger partial charge in [-0.2, -0.15) is 5.10 Å². The highest BCUT2D eigenvalue weighted by Gasteiger charge is 2.24. The van der Waals surface area contributed by atoms with E-state index in [0.717, 1.165) is 35.7 Å². The maximum atomic E-state index is 14.6. The molecule has 156 valence electrons. The number of hydrogen-bond acceptors (Lipinski definition) is 3. The van der Waals surface area contributed by atoms with Gasteiger partial charge >= 0.3 is 0 Å². The molecule has 30 heavy (non-hydrogen) atoms. The van der Waals surface area contributed by atoms with Gasteiger partial charge in [-0.15, -0.1) is 0 Å². The van der Waals surface area contributed by atoms with Gasteiger partial charge in [0.25, 0.3) is 5.91 Å². The van der Waals surface area contributed by atoms with Crippen molar-refractivity contribution < 1.29 is 14.0 Å². The molecule has 0 spiro atoms. The molecule has 0 unspecified atom stereocenters. The van der Waals surface area contributed by atoms with Crippen molar-refractivity contribution >= 4 is 22.7 Å². The summed E-state index contributed by atoms with van der Waals surface area (Å²) in [6.07, 6.45) is 4.53. The minimum Gasteiger partial charge on any atom is -0.355 e. The maximum Gasteiger partial charge on any atom is 0.251 e. The largest absolute Gasteiger partial charge is 0.355 e. The van der Waals surface area contributed by atoms with Gasteiger partial charge in [-0.3, -0.25) is 14.3 Å². The molecule has 0 aliphatic heterocycles. The molecule has 2 aromatic carbocycles. The molecule has 2 amide bonds. The molecule has 1 saturated carbocycles. The number of nitrogens with zero attached hydrogens (tertiary/aromatic N) is 2. The number of hydrogen-bond donors (Lipinski definition) is 2. The Morgan fingerprint density at radius 2 is 2.03 bits per heavy atom. The van der Waals surface area contributed by atoms with Crippen LogP contribution in [0.15, 0.2) is 36.5 Å². The summed E-state index contributed by atoms with van der Waals surface area (Å²) in [4.78, 5) is 24.4. The second kappa shape index (κ2) is 8.26. The van der Waals surface area contributed by atoms with Crippen LogP contribution in [0.1, 0.15) is 42.1 Å². The number of rotatable bonds is 7. The molecule has 1 aliphatic rings. The fourth-order valence-electron chi connectivity index (χ4n) is 3.44. The SMILES string of the molecule is CCCNC(=O)Cn1ncc2cc(-c3cc(C(=O)NC4CC4)cc(F)c3C)ccc21. The number of nitrogens with one attached hydrogen (secondary N) is 2. The Morgan fingerprint density at radius 3 is 2.77 bits per heavy atom. The highest BCUT2D eigenvalue weighted by Crippen LogP contribution is 2.30. The molecule has 0 radical (unpaired) electrons. The Kier molecular flexibility index (Phi) is 5.53. The first kappa shape index (κ1) is 20.1. The van der Waals surface area contributed by atoms with Crippen LogP contribution in [-0.2, 0) is 11.3 Å². The predicted molar refractivity (Wildman–Crippen MR) is 114 cm³/mol. The average Bonchev–Trinajstić information content (AvgIpc) is 3.46. The van der Waals surface area contributed by atoms with Crippen LogP contribution in [0.4, 0.5) is 4.39 Å². The van der Waals surface area contributed by atoms with Gasteiger partial charge in [0.2, 0.25) is 5.91 Å². The zero-order valence-corrected chi connectivity index (χ0v) is 17.2. The standard InChI is InChI=1S/C23H25FN4O2/c1-3-8-25-22(29)13-28-21-7-4-15(9-17(21)12-26-28)19-10-16(11-20(24)14(19)2)23(30)27-18-5-6-18/h4,7,9-12,18H,3,5-6,8,13H2,1-2H3,(H,25,29)(H,27,30). The minimum atomic E-state index is -0.406. The Balaban J connectivity index is 1.63. The van der Waals surface area contributed by atoms with Crippen LogP contribution >= 0.6 is 0 Å². The van der Waals surface area contributed by atoms with Crippen LogP contribution in [0.2, 0.25) is 0 Å². The van der Waals surface area contributed by atoms with E-state index >= 15 is 0 Å². The highest BCUT2D eigenvalue weighted by atomic mass is 19.1. The number of aromatic nitrogens is 2. The van der Waals surface area contributed by atoms with Gasteiger partial charge in [-0.1, -0.05) is 13.0 Å². The molecule has 1 heterocycles. The van der Waals surface area contributed by atoms with Crippen molar-refractivity contribution in [3.8, 4) is 11.1 Å². The smallest absolute Gasteiger partial charge is 0.251 e. The number of halogens is 1. The fraction of sp³-hybridized carbons (Fsp3) is 0.348. The Labute approximate surface area is 174 Å². The van der Waals surface area contributed by atoms with E-state index in [0.29, 0.717) is 23.2 Å². The van der Waals surface area contributed by atoms with Crippen molar-refractivity contribution in [2.45, 2.75) is 45.7 Å². The number of amides is 2. The third kappa shape index (κ3) is 4.20. The summed E-state index contributed by atoms with van der Waals surface area (Å²) < 4.78 is 16.2. The van der Waals surface area contributed by atoms with Crippen LogP contribution in [0.25, 0.3) is 22.0 Å². The summed E-state index contributed by atoms with van der Waals surface area (Å²) in [7, 11) is 0. The second-order valence-corrected chi connectivity index (χ2v) is 7.80. The van der Waals surface area contributed by atoms with E-state index in [1.165, 1.54) is 6.07 Å². The highest BCUT2D eigenvalue weighted by molar-refractivity contribution is 5.96. The zero-order chi connectivity index (χ0) is 21.3. The molecule has 0 atom stereocenters. The Morgan fingerprint density at radius 1 is 1.23 bits per heavy atom. The Bertz CT molecular complexity index is 1120. The lowest BCUT2D eigenvalue weighted by molar-refractivity contribution is -0.121. The molecular weight excluding hydrogens is 383 g/mol. The topological polar surface area (TPSA) is 76.0 Å². The van der Waals surface area contributed by atoms with Crippen molar-refractivity contribution in [1.29, 1.82) is 0 Å². The molecule has 0 bridgehead atoms. The maximum absolute atomic E-state index is 14.6. The van der Waals surface area contributed by atoms with Gasteiger partial charge < -0.3 is 10.6 Å². The first-order chi connectivity index (χ1) is 14.5. The van der Waals surface area contributed by atoms with Gasteiger partial charge in [0, 0.05) is 23.5 Å². The van der Waals surface area contributed by atoms with Crippen LogP contribution in [-0.4, -0.2) is 34.2 Å². The van der Waals surface area contributed by atoms with Crippen molar-refractivity contribution in [2.24, 2.45) is 0 Å². The molecule has 0 saturated heterocycles. The van der Waals surface area contributed by atoms with Crippen molar-refractivity contribution in [3.05, 3.63) is 53.5 Å². The van der Waals surface area contributed by atoms with Crippen LogP contribution in [0.3, 0.4) is 0 Å². The van der Waals surface area contributed by atoms with E-state index < -0.39 is 5.82 Å². The first-order valence-corrected chi connectivity index (χ1v) is 10.3. The average molecular weight is 408 g/mol. The third-order valence-electron chi connectivity index (χ3n) is 5.34. The van der Waals surface area contributed by atoms with Gasteiger partial charge in [-0.05, 0) is 67.1 Å². The summed E-state index contributed by atoms with van der Waals surface area (Å²) in [6, 6.07) is 8.89. The van der Waals surface area contributed by atoms with Crippen molar-refractivity contribution in [3.63, 3.8) is 0 Å². The second-order valence-electron chi connectivity index (χ2n) is 7.80. The molecule has 7 heteroatoms. The van der Waals surface area contributed by atoms with E-state index in [4.69, 9.17) is 0 Å². The number of fused-ring (bicyclic) bond motifs is 1. The lowest BCUT2D eigenvalue weighted by Gasteiger charge is -2.11. The fourth-order valence-corrected chi connectivity index (χ4v) is 3.44. The predicted octanol–water partition coefficient (Wildman–Crippen LogP) is 3.57. The summed E-state index contributed by atoms with van der Waals surface area (Å²) in [5.74, 6) is -0.736. The number of carbonyl (C=O) groups is 2. The monoisotopic (exact) mass is 408 g/mol. The summed E-state index contributed by atoms with van der Waals surface area (Å²) >= 11 is 0. The molecular formula is C23H25FN4O2. The van der Waals surface area contributed by atoms with Gasteiger partial charge in [-0.25, -0.2) is 4.39 Å². The molecule has 4 rings (SSSR count). The van der Waals surface area contributed by atoms with Gasteiger partial charge in [0.15, 0.2) is 0 Å². The van der Waals surface area contributed by atoms with Crippen LogP contribution < -0.4 is 10.6 Å². The summed E-state index contributed by atoms with van der Waals surface area (Å²) in [5.41, 5.74) is 3.11. The van der Waals surface area contributed by atoms with E-state index in [2.05, 4.69) is 15.7 Å². The zero-order valence-electron chi connectivity index (χ0n) is 17.2. The normalized spacial score (nSPS) is 13.4. The van der Waals surface area contributed by atoms with E-state index in [9.17, 15) is 14.0 Å². The van der Waals surface area contributed by atoms with Gasteiger partial charge in [0.1, 0.15) is 12.4 Å². The molecule has 1 aromatic heterocycles. The van der Waals surface area contributed by atoms with Crippen molar-refractivity contribution in [1.82, 2.24) is 20.4 Å². The van der Waals surface area contributed by atoms with E-state index in [-0.39, 0.29) is 24.4 Å². The molecule has 2 N–H and O–H groups in total. The summed E-state index contributed by atoms with van der Waals surface area (Å²) in [6.45, 7) is 4.49. The van der Waals surface area contributed by atoms with Crippen molar-refractivity contribution in [2.75, 3.05) is 6.54 Å². The molecule has 1 aliphatic carbocycles. The van der Waals surface area contributed by atoms with Crippen LogP contribution in [0, 0.1) is 12.7 Å². The van der Waals surface area contributed by atoms with Gasteiger partial charge in [0.05, 0.1) is 11.7 Å². The number of benzene rings is 2. The van der Waals surface area contributed by atoms with E-state index in [1.54, 1.807) is 23.9 Å². The molecule has 6 nitrogen and oxygen atoms in total. The minimum absolute atomic E-state index is 0.0850. The lowest BCUT2D eigenvalue weighted by Crippen LogP contribution is -2.28. The third-order valence-corrected chi connectivity index (χ3v) is 5.34. The molecule has 1 fully saturated rings. The molecule has 3 aromatic rings. The quantitative estimate of drug-likeness (QED) is 0.628. The summed E-state index contributed by atoms with van der Waals surface area (Å²) in [5, 5.41) is 10.9.